The largest absolute Gasteiger partial charge is 0.456 e. The molecule has 0 bridgehead atoms. The fourth-order valence-electron chi connectivity index (χ4n) is 4.91. The van der Waals surface area contributed by atoms with Crippen molar-refractivity contribution in [3.05, 3.63) is 115 Å². The number of para-hydroxylation sites is 3. The molecular formula is C30H18NO. The molecule has 0 aliphatic carbocycles. The van der Waals surface area contributed by atoms with Crippen LogP contribution in [-0.2, 0) is 0 Å². The number of hydrogen-bond acceptors (Lipinski definition) is 1. The molecule has 1 radical (unpaired) electrons. The number of nitrogens with zero attached hydrogens (tertiary/aromatic N) is 1. The normalized spacial score (nSPS) is 11.8. The molecule has 7 aromatic rings. The number of hydrogen-bond donors (Lipinski definition) is 0. The van der Waals surface area contributed by atoms with E-state index in [9.17, 15) is 0 Å². The molecule has 0 atom stereocenters. The van der Waals surface area contributed by atoms with Crippen molar-refractivity contribution in [3.63, 3.8) is 0 Å². The van der Waals surface area contributed by atoms with Crippen LogP contribution in [0.2, 0.25) is 0 Å². The van der Waals surface area contributed by atoms with Crippen LogP contribution in [0.1, 0.15) is 0 Å². The molecule has 2 nitrogen and oxygen atoms in total. The minimum Gasteiger partial charge on any atom is -0.456 e. The third-order valence-electron chi connectivity index (χ3n) is 6.31. The van der Waals surface area contributed by atoms with Gasteiger partial charge in [-0.05, 0) is 53.6 Å². The van der Waals surface area contributed by atoms with Gasteiger partial charge in [0.1, 0.15) is 11.2 Å². The van der Waals surface area contributed by atoms with E-state index in [1.807, 2.05) is 18.2 Å². The van der Waals surface area contributed by atoms with Crippen LogP contribution in [0.25, 0.3) is 60.6 Å². The Morgan fingerprint density at radius 2 is 1.38 bits per heavy atom. The molecule has 0 N–H and O–H groups in total. The van der Waals surface area contributed by atoms with Gasteiger partial charge >= 0.3 is 0 Å². The van der Waals surface area contributed by atoms with Crippen LogP contribution < -0.4 is 0 Å². The van der Waals surface area contributed by atoms with Gasteiger partial charge in [-0.1, -0.05) is 66.7 Å². The molecule has 0 aliphatic rings. The highest BCUT2D eigenvalue weighted by atomic mass is 16.3. The van der Waals surface area contributed by atoms with Crippen molar-refractivity contribution in [3.8, 4) is 16.8 Å². The van der Waals surface area contributed by atoms with Gasteiger partial charge in [0.15, 0.2) is 0 Å². The first-order chi connectivity index (χ1) is 15.9. The van der Waals surface area contributed by atoms with E-state index >= 15 is 0 Å². The standard InChI is InChI=1S/C30H18NO/c1-2-9-21(10-3-1)31-26-14-6-4-11-23(26)25-19-20(17-18-27(25)31)22-13-8-16-29-30(22)24-12-5-7-15-28(24)32-29/h1-17,19H. The Labute approximate surface area is 184 Å². The molecule has 0 aliphatic heterocycles. The van der Waals surface area contributed by atoms with Crippen LogP contribution in [0.4, 0.5) is 0 Å². The van der Waals surface area contributed by atoms with Crippen molar-refractivity contribution in [1.29, 1.82) is 0 Å². The Hall–Kier alpha value is -4.30. The second-order valence-corrected chi connectivity index (χ2v) is 8.12. The predicted octanol–water partition coefficient (Wildman–Crippen LogP) is 8.15. The lowest BCUT2D eigenvalue weighted by Gasteiger charge is -2.08. The lowest BCUT2D eigenvalue weighted by atomic mass is 9.98. The summed E-state index contributed by atoms with van der Waals surface area (Å²) in [6.07, 6.45) is 0. The lowest BCUT2D eigenvalue weighted by molar-refractivity contribution is 0.669. The van der Waals surface area contributed by atoms with Gasteiger partial charge < -0.3 is 8.98 Å². The minimum absolute atomic E-state index is 0.913. The fourth-order valence-corrected chi connectivity index (χ4v) is 4.91. The smallest absolute Gasteiger partial charge is 0.136 e. The number of aromatic nitrogens is 1. The van der Waals surface area contributed by atoms with Crippen LogP contribution in [-0.4, -0.2) is 4.57 Å². The van der Waals surface area contributed by atoms with Gasteiger partial charge in [-0.15, -0.1) is 0 Å². The van der Waals surface area contributed by atoms with E-state index in [1.54, 1.807) is 0 Å². The van der Waals surface area contributed by atoms with Gasteiger partial charge in [0.2, 0.25) is 0 Å². The molecule has 2 aromatic heterocycles. The van der Waals surface area contributed by atoms with Crippen molar-refractivity contribution >= 4 is 43.7 Å². The fraction of sp³-hybridized carbons (Fsp3) is 0. The average molecular weight is 408 g/mol. The van der Waals surface area contributed by atoms with E-state index in [-0.39, 0.29) is 0 Å². The van der Waals surface area contributed by atoms with Gasteiger partial charge in [-0.2, -0.15) is 0 Å². The zero-order chi connectivity index (χ0) is 21.1. The summed E-state index contributed by atoms with van der Waals surface area (Å²) in [6, 6.07) is 41.6. The molecule has 32 heavy (non-hydrogen) atoms. The summed E-state index contributed by atoms with van der Waals surface area (Å²) in [5.41, 5.74) is 7.56. The summed E-state index contributed by atoms with van der Waals surface area (Å²) in [5.74, 6) is 0. The van der Waals surface area contributed by atoms with E-state index in [0.717, 1.165) is 38.7 Å². The monoisotopic (exact) mass is 408 g/mol. The Kier molecular flexibility index (Phi) is 3.58. The summed E-state index contributed by atoms with van der Waals surface area (Å²) in [5, 5.41) is 4.73. The molecule has 0 saturated heterocycles. The van der Waals surface area contributed by atoms with Crippen LogP contribution in [0.5, 0.6) is 0 Å². The molecule has 149 valence electrons. The predicted molar refractivity (Wildman–Crippen MR) is 132 cm³/mol. The van der Waals surface area contributed by atoms with Crippen LogP contribution in [0.3, 0.4) is 0 Å². The summed E-state index contributed by atoms with van der Waals surface area (Å²) in [6.45, 7) is 0. The SMILES string of the molecule is [c]1cc(-c2cccc3oc4ccccc4c23)cc2c3ccccc3n(-c3ccccc3)c12. The minimum atomic E-state index is 0.913. The van der Waals surface area contributed by atoms with E-state index in [2.05, 4.69) is 102 Å². The average Bonchev–Trinajstić information content (AvgIpc) is 3.40. The van der Waals surface area contributed by atoms with Gasteiger partial charge in [0.05, 0.1) is 11.0 Å². The second-order valence-electron chi connectivity index (χ2n) is 8.12. The molecule has 2 heterocycles. The summed E-state index contributed by atoms with van der Waals surface area (Å²) in [7, 11) is 0. The van der Waals surface area contributed by atoms with Gasteiger partial charge in [-0.25, -0.2) is 0 Å². The molecule has 0 saturated carbocycles. The quantitative estimate of drug-likeness (QED) is 0.282. The second kappa shape index (κ2) is 6.60. The summed E-state index contributed by atoms with van der Waals surface area (Å²) >= 11 is 0. The Morgan fingerprint density at radius 3 is 2.28 bits per heavy atom. The maximum absolute atomic E-state index is 6.12. The van der Waals surface area contributed by atoms with Crippen molar-refractivity contribution < 1.29 is 4.42 Å². The third kappa shape index (κ3) is 2.41. The Balaban J connectivity index is 1.56. The molecule has 0 fully saturated rings. The Bertz CT molecular complexity index is 1770. The molecular weight excluding hydrogens is 390 g/mol. The number of fused-ring (bicyclic) bond motifs is 6. The Morgan fingerprint density at radius 1 is 0.625 bits per heavy atom. The summed E-state index contributed by atoms with van der Waals surface area (Å²) < 4.78 is 8.41. The van der Waals surface area contributed by atoms with Crippen LogP contribution >= 0.6 is 0 Å². The van der Waals surface area contributed by atoms with E-state index in [1.165, 1.54) is 21.9 Å². The molecule has 0 spiro atoms. The highest BCUT2D eigenvalue weighted by Gasteiger charge is 2.16. The molecule has 5 aromatic carbocycles. The van der Waals surface area contributed by atoms with E-state index in [4.69, 9.17) is 4.42 Å². The number of benzene rings is 5. The first kappa shape index (κ1) is 17.4. The number of rotatable bonds is 2. The molecule has 0 amide bonds. The third-order valence-corrected chi connectivity index (χ3v) is 6.31. The van der Waals surface area contributed by atoms with Gasteiger partial charge in [0.25, 0.3) is 0 Å². The topological polar surface area (TPSA) is 18.1 Å². The molecule has 7 rings (SSSR count). The van der Waals surface area contributed by atoms with Crippen molar-refractivity contribution in [2.75, 3.05) is 0 Å². The van der Waals surface area contributed by atoms with Crippen molar-refractivity contribution in [2.45, 2.75) is 0 Å². The van der Waals surface area contributed by atoms with Crippen molar-refractivity contribution in [1.82, 2.24) is 4.57 Å². The maximum Gasteiger partial charge on any atom is 0.136 e. The zero-order valence-electron chi connectivity index (χ0n) is 17.2. The van der Waals surface area contributed by atoms with Gasteiger partial charge in [0, 0.05) is 33.3 Å². The van der Waals surface area contributed by atoms with Crippen LogP contribution in [0.15, 0.2) is 114 Å². The molecule has 0 unspecified atom stereocenters. The first-order valence-electron chi connectivity index (χ1n) is 10.8. The molecule has 2 heteroatoms. The number of furan rings is 1. The van der Waals surface area contributed by atoms with Crippen molar-refractivity contribution in [2.24, 2.45) is 0 Å². The summed E-state index contributed by atoms with van der Waals surface area (Å²) in [4.78, 5) is 0. The highest BCUT2D eigenvalue weighted by molar-refractivity contribution is 6.15. The van der Waals surface area contributed by atoms with E-state index < -0.39 is 0 Å². The maximum atomic E-state index is 6.12. The van der Waals surface area contributed by atoms with Crippen LogP contribution in [0, 0.1) is 6.07 Å². The zero-order valence-corrected chi connectivity index (χ0v) is 17.2. The van der Waals surface area contributed by atoms with Gasteiger partial charge in [-0.3, -0.25) is 0 Å². The lowest BCUT2D eigenvalue weighted by Crippen LogP contribution is -1.93. The first-order valence-corrected chi connectivity index (χ1v) is 10.8. The van der Waals surface area contributed by atoms with E-state index in [0.29, 0.717) is 0 Å². The highest BCUT2D eigenvalue weighted by Crippen LogP contribution is 2.39.